The van der Waals surface area contributed by atoms with Crippen molar-refractivity contribution in [2.75, 3.05) is 19.5 Å². The molecule has 3 heterocycles. The second-order valence-corrected chi connectivity index (χ2v) is 7.68. The number of thioether (sulfide) groups is 1. The fraction of sp³-hybridized carbons (Fsp3) is 0.353. The average Bonchev–Trinajstić information content (AvgIpc) is 2.86. The number of aryl methyl sites for hydroxylation is 2. The number of fused-ring (bicyclic) bond motifs is 1. The molecule has 0 aliphatic rings. The van der Waals surface area contributed by atoms with Crippen LogP contribution in [0.2, 0.25) is 0 Å². The Hall–Kier alpha value is -1.70. The van der Waals surface area contributed by atoms with Crippen molar-refractivity contribution in [2.24, 2.45) is 0 Å². The molecule has 126 valence electrons. The molecule has 0 atom stereocenters. The van der Waals surface area contributed by atoms with Crippen LogP contribution in [-0.4, -0.2) is 34.0 Å². The van der Waals surface area contributed by atoms with Crippen molar-refractivity contribution >= 4 is 33.3 Å². The maximum absolute atomic E-state index is 13.1. The van der Waals surface area contributed by atoms with E-state index in [2.05, 4.69) is 4.98 Å². The molecular weight excluding hydrogens is 342 g/mol. The smallest absolute Gasteiger partial charge is 0.263 e. The van der Waals surface area contributed by atoms with Crippen molar-refractivity contribution in [3.05, 3.63) is 50.9 Å². The maximum atomic E-state index is 13.1. The molecule has 0 bridgehead atoms. The van der Waals surface area contributed by atoms with Gasteiger partial charge in [-0.2, -0.15) is 0 Å². The van der Waals surface area contributed by atoms with Crippen LogP contribution in [0.25, 0.3) is 10.2 Å². The van der Waals surface area contributed by atoms with E-state index in [1.54, 1.807) is 41.0 Å². The molecule has 0 saturated heterocycles. The van der Waals surface area contributed by atoms with Gasteiger partial charge in [0.25, 0.3) is 5.56 Å². The summed E-state index contributed by atoms with van der Waals surface area (Å²) < 4.78 is 6.84. The van der Waals surface area contributed by atoms with Crippen LogP contribution in [-0.2, 0) is 11.3 Å². The van der Waals surface area contributed by atoms with E-state index in [4.69, 9.17) is 9.72 Å². The van der Waals surface area contributed by atoms with Gasteiger partial charge in [0.1, 0.15) is 4.83 Å². The van der Waals surface area contributed by atoms with Crippen LogP contribution >= 0.6 is 23.1 Å². The third kappa shape index (κ3) is 3.38. The average molecular weight is 361 g/mol. The summed E-state index contributed by atoms with van der Waals surface area (Å²) in [5, 5.41) is 1.45. The summed E-state index contributed by atoms with van der Waals surface area (Å²) >= 11 is 3.12. The molecule has 0 amide bonds. The minimum atomic E-state index is 0.00687. The van der Waals surface area contributed by atoms with Gasteiger partial charge in [-0.1, -0.05) is 17.8 Å². The monoisotopic (exact) mass is 361 g/mol. The van der Waals surface area contributed by atoms with Crippen molar-refractivity contribution in [3.63, 3.8) is 0 Å². The topological polar surface area (TPSA) is 57.0 Å². The van der Waals surface area contributed by atoms with Gasteiger partial charge in [-0.05, 0) is 31.5 Å². The SMILES string of the molecule is COCCSc1nc2sc(C)c(C)c2c(=O)n1Cc1ccccn1. The minimum Gasteiger partial charge on any atom is -0.384 e. The summed E-state index contributed by atoms with van der Waals surface area (Å²) in [6, 6.07) is 5.72. The van der Waals surface area contributed by atoms with Crippen LogP contribution in [0.15, 0.2) is 34.3 Å². The largest absolute Gasteiger partial charge is 0.384 e. The van der Waals surface area contributed by atoms with E-state index < -0.39 is 0 Å². The maximum Gasteiger partial charge on any atom is 0.263 e. The zero-order valence-corrected chi connectivity index (χ0v) is 15.5. The fourth-order valence-electron chi connectivity index (χ4n) is 2.43. The van der Waals surface area contributed by atoms with Crippen LogP contribution in [0.1, 0.15) is 16.1 Å². The number of pyridine rings is 1. The normalized spacial score (nSPS) is 11.3. The van der Waals surface area contributed by atoms with Gasteiger partial charge in [0.2, 0.25) is 0 Å². The number of methoxy groups -OCH3 is 1. The highest BCUT2D eigenvalue weighted by Gasteiger charge is 2.17. The van der Waals surface area contributed by atoms with Crippen LogP contribution < -0.4 is 5.56 Å². The predicted octanol–water partition coefficient (Wildman–Crippen LogP) is 3.26. The molecule has 0 fully saturated rings. The Morgan fingerprint density at radius 3 is 2.88 bits per heavy atom. The molecule has 0 spiro atoms. The van der Waals surface area contributed by atoms with Crippen molar-refractivity contribution in [1.29, 1.82) is 0 Å². The predicted molar refractivity (Wildman–Crippen MR) is 99.3 cm³/mol. The van der Waals surface area contributed by atoms with Gasteiger partial charge >= 0.3 is 0 Å². The van der Waals surface area contributed by atoms with E-state index in [-0.39, 0.29) is 5.56 Å². The number of aromatic nitrogens is 3. The molecule has 0 aliphatic heterocycles. The Labute approximate surface area is 148 Å². The molecule has 5 nitrogen and oxygen atoms in total. The van der Waals surface area contributed by atoms with E-state index in [0.717, 1.165) is 37.3 Å². The van der Waals surface area contributed by atoms with E-state index in [1.807, 2.05) is 32.0 Å². The van der Waals surface area contributed by atoms with E-state index in [1.165, 1.54) is 0 Å². The first-order valence-electron chi connectivity index (χ1n) is 7.64. The molecule has 0 aliphatic carbocycles. The number of nitrogens with zero attached hydrogens (tertiary/aromatic N) is 3. The summed E-state index contributed by atoms with van der Waals surface area (Å²) in [6.07, 6.45) is 1.74. The van der Waals surface area contributed by atoms with Crippen LogP contribution in [0, 0.1) is 13.8 Å². The van der Waals surface area contributed by atoms with Crippen LogP contribution in [0.4, 0.5) is 0 Å². The highest BCUT2D eigenvalue weighted by atomic mass is 32.2. The molecular formula is C17H19N3O2S2. The first-order valence-corrected chi connectivity index (χ1v) is 9.44. The summed E-state index contributed by atoms with van der Waals surface area (Å²) in [7, 11) is 1.67. The van der Waals surface area contributed by atoms with Crippen molar-refractivity contribution in [2.45, 2.75) is 25.5 Å². The van der Waals surface area contributed by atoms with Crippen molar-refractivity contribution in [1.82, 2.24) is 14.5 Å². The quantitative estimate of drug-likeness (QED) is 0.383. The molecule has 3 rings (SSSR count). The number of hydrogen-bond acceptors (Lipinski definition) is 6. The molecule has 7 heteroatoms. The summed E-state index contributed by atoms with van der Waals surface area (Å²) in [6.45, 7) is 5.05. The van der Waals surface area contributed by atoms with Gasteiger partial charge < -0.3 is 4.74 Å². The summed E-state index contributed by atoms with van der Waals surface area (Å²) in [5.74, 6) is 0.750. The van der Waals surface area contributed by atoms with Crippen LogP contribution in [0.5, 0.6) is 0 Å². The number of hydrogen-bond donors (Lipinski definition) is 0. The molecule has 24 heavy (non-hydrogen) atoms. The third-order valence-corrected chi connectivity index (χ3v) is 5.86. The summed E-state index contributed by atoms with van der Waals surface area (Å²) in [4.78, 5) is 24.1. The van der Waals surface area contributed by atoms with Gasteiger partial charge in [-0.15, -0.1) is 11.3 Å². The molecule has 3 aromatic heterocycles. The highest BCUT2D eigenvalue weighted by molar-refractivity contribution is 7.99. The fourth-order valence-corrected chi connectivity index (χ4v) is 4.40. The van der Waals surface area contributed by atoms with Gasteiger partial charge in [-0.25, -0.2) is 4.98 Å². The number of rotatable bonds is 6. The van der Waals surface area contributed by atoms with E-state index in [0.29, 0.717) is 13.2 Å². The number of ether oxygens (including phenoxy) is 1. The Bertz CT molecular complexity index is 904. The van der Waals surface area contributed by atoms with Crippen molar-refractivity contribution in [3.8, 4) is 0 Å². The summed E-state index contributed by atoms with van der Waals surface area (Å²) in [5.41, 5.74) is 1.88. The highest BCUT2D eigenvalue weighted by Crippen LogP contribution is 2.28. The Balaban J connectivity index is 2.11. The van der Waals surface area contributed by atoms with E-state index >= 15 is 0 Å². The first-order chi connectivity index (χ1) is 11.6. The zero-order chi connectivity index (χ0) is 17.1. The van der Waals surface area contributed by atoms with Crippen molar-refractivity contribution < 1.29 is 4.74 Å². The standard InChI is InChI=1S/C17H19N3O2S2/c1-11-12(2)24-15-14(11)16(21)20(10-13-6-4-5-7-18-13)17(19-15)23-9-8-22-3/h4-7H,8-10H2,1-3H3. The molecule has 0 aromatic carbocycles. The van der Waals surface area contributed by atoms with E-state index in [9.17, 15) is 4.79 Å². The lowest BCUT2D eigenvalue weighted by atomic mass is 10.2. The Morgan fingerprint density at radius 2 is 2.17 bits per heavy atom. The van der Waals surface area contributed by atoms with Gasteiger partial charge in [0.05, 0.1) is 24.2 Å². The molecule has 3 aromatic rings. The Kier molecular flexibility index (Phi) is 5.33. The second-order valence-electron chi connectivity index (χ2n) is 5.41. The zero-order valence-electron chi connectivity index (χ0n) is 13.9. The number of thiophene rings is 1. The lowest BCUT2D eigenvalue weighted by molar-refractivity contribution is 0.218. The second kappa shape index (κ2) is 7.46. The molecule has 0 saturated carbocycles. The van der Waals surface area contributed by atoms with Gasteiger partial charge in [0, 0.05) is 23.9 Å². The minimum absolute atomic E-state index is 0.00687. The molecule has 0 unspecified atom stereocenters. The van der Waals surface area contributed by atoms with Gasteiger partial charge in [0.15, 0.2) is 5.16 Å². The molecule has 0 N–H and O–H groups in total. The van der Waals surface area contributed by atoms with Gasteiger partial charge in [-0.3, -0.25) is 14.3 Å². The third-order valence-electron chi connectivity index (χ3n) is 3.82. The Morgan fingerprint density at radius 1 is 1.33 bits per heavy atom. The van der Waals surface area contributed by atoms with Crippen LogP contribution in [0.3, 0.4) is 0 Å². The lowest BCUT2D eigenvalue weighted by Crippen LogP contribution is -2.24. The molecule has 0 radical (unpaired) electrons. The lowest BCUT2D eigenvalue weighted by Gasteiger charge is -2.11. The first kappa shape index (κ1) is 17.1.